The molecule has 1 atom stereocenters. The Balaban J connectivity index is 1.93. The van der Waals surface area contributed by atoms with Gasteiger partial charge in [0.15, 0.2) is 0 Å². The second-order valence-corrected chi connectivity index (χ2v) is 8.56. The van der Waals surface area contributed by atoms with Crippen LogP contribution in [0.3, 0.4) is 0 Å². The summed E-state index contributed by atoms with van der Waals surface area (Å²) < 4.78 is 0. The molecule has 0 radical (unpaired) electrons. The summed E-state index contributed by atoms with van der Waals surface area (Å²) in [6.45, 7) is 4.44. The highest BCUT2D eigenvalue weighted by atomic mass is 31.0. The monoisotopic (exact) mass is 410 g/mol. The van der Waals surface area contributed by atoms with Gasteiger partial charge in [0.1, 0.15) is 5.30 Å². The van der Waals surface area contributed by atoms with Gasteiger partial charge in [-0.15, -0.1) is 0 Å². The predicted molar refractivity (Wildman–Crippen MR) is 137 cm³/mol. The molecule has 0 aliphatic carbocycles. The number of hydrogen-bond donors (Lipinski definition) is 1. The zero-order chi connectivity index (χ0) is 20.9. The lowest BCUT2D eigenvalue weighted by molar-refractivity contribution is 0.923. The summed E-state index contributed by atoms with van der Waals surface area (Å²) in [5.74, 6) is 0. The van der Waals surface area contributed by atoms with Gasteiger partial charge in [-0.2, -0.15) is 0 Å². The van der Waals surface area contributed by atoms with E-state index in [4.69, 9.17) is 0 Å². The van der Waals surface area contributed by atoms with Gasteiger partial charge < -0.3 is 5.32 Å². The molecule has 1 nitrogen and oxygen atoms in total. The van der Waals surface area contributed by atoms with E-state index >= 15 is 0 Å². The predicted octanol–water partition coefficient (Wildman–Crippen LogP) is 7.26. The Kier molecular flexibility index (Phi) is 6.31. The zero-order valence-electron chi connectivity index (χ0n) is 17.8. The molecular formula is C28H29NP+. The number of anilines is 2. The van der Waals surface area contributed by atoms with Gasteiger partial charge in [-0.3, -0.25) is 0 Å². The quantitative estimate of drug-likeness (QED) is 0.330. The van der Waals surface area contributed by atoms with Crippen molar-refractivity contribution < 1.29 is 0 Å². The van der Waals surface area contributed by atoms with E-state index in [9.17, 15) is 0 Å². The van der Waals surface area contributed by atoms with E-state index in [1.807, 2.05) is 9.24 Å². The molecule has 0 spiro atoms. The first-order chi connectivity index (χ1) is 14.7. The minimum absolute atomic E-state index is 1.07. The fraction of sp³-hybridized carbons (Fsp3) is 0.143. The maximum atomic E-state index is 3.89. The minimum Gasteiger partial charge on any atom is -0.351 e. The number of benzene rings is 4. The lowest BCUT2D eigenvalue weighted by Crippen LogP contribution is -2.09. The van der Waals surface area contributed by atoms with Crippen LogP contribution in [0, 0.1) is 6.92 Å². The van der Waals surface area contributed by atoms with Crippen LogP contribution < -0.4 is 10.6 Å². The normalized spacial score (nSPS) is 10.9. The van der Waals surface area contributed by atoms with Crippen molar-refractivity contribution in [2.45, 2.75) is 26.7 Å². The molecule has 150 valence electrons. The molecule has 0 aromatic heterocycles. The molecular weight excluding hydrogens is 381 g/mol. The summed E-state index contributed by atoms with van der Waals surface area (Å²) in [6, 6.07) is 32.5. The molecule has 0 heterocycles. The van der Waals surface area contributed by atoms with Gasteiger partial charge in [0.05, 0.1) is 11.4 Å². The van der Waals surface area contributed by atoms with Crippen molar-refractivity contribution in [1.82, 2.24) is 0 Å². The number of hydrogen-bond acceptors (Lipinski definition) is 1. The van der Waals surface area contributed by atoms with Crippen LogP contribution in [-0.2, 0) is 6.42 Å². The molecule has 2 heteroatoms. The first kappa shape index (κ1) is 20.4. The lowest BCUT2D eigenvalue weighted by atomic mass is 9.95. The second-order valence-electron chi connectivity index (χ2n) is 7.79. The molecule has 4 aromatic rings. The summed E-state index contributed by atoms with van der Waals surface area (Å²) in [4.78, 5) is 0. The van der Waals surface area contributed by atoms with Crippen molar-refractivity contribution in [3.8, 4) is 22.3 Å². The third-order valence-electron chi connectivity index (χ3n) is 5.45. The second kappa shape index (κ2) is 9.28. The highest BCUT2D eigenvalue weighted by molar-refractivity contribution is 7.28. The molecule has 1 unspecified atom stereocenters. The summed E-state index contributed by atoms with van der Waals surface area (Å²) in [6.07, 6.45) is 2.20. The van der Waals surface area contributed by atoms with Crippen LogP contribution in [0.4, 0.5) is 11.4 Å². The van der Waals surface area contributed by atoms with Crippen molar-refractivity contribution in [1.29, 1.82) is 0 Å². The minimum atomic E-state index is 1.07. The van der Waals surface area contributed by atoms with Gasteiger partial charge in [-0.05, 0) is 41.7 Å². The maximum Gasteiger partial charge on any atom is 0.110 e. The summed E-state index contributed by atoms with van der Waals surface area (Å²) in [5.41, 5.74) is 10.0. The third-order valence-corrected chi connectivity index (χ3v) is 6.01. The van der Waals surface area contributed by atoms with Crippen molar-refractivity contribution >= 4 is 25.9 Å². The Bertz CT molecular complexity index is 1080. The Morgan fingerprint density at radius 3 is 1.80 bits per heavy atom. The summed E-state index contributed by atoms with van der Waals surface area (Å²) in [5, 5.41) is 5.21. The van der Waals surface area contributed by atoms with E-state index < -0.39 is 0 Å². The molecule has 0 saturated heterocycles. The van der Waals surface area contributed by atoms with Crippen molar-refractivity contribution in [3.05, 3.63) is 102 Å². The fourth-order valence-corrected chi connectivity index (χ4v) is 4.73. The standard InChI is InChI=1S/C28H28NP/c1-3-11-23-18-20(2)19-26(30)27(23)29-28-24(21-12-6-4-7-13-21)16-10-17-25(28)22-14-8-5-9-15-22/h4-10,12-19,29H,3,11,30H2,1-2H3/p+1. The Hall–Kier alpha value is -2.89. The van der Waals surface area contributed by atoms with Crippen LogP contribution in [0.5, 0.6) is 0 Å². The fourth-order valence-electron chi connectivity index (χ4n) is 4.10. The third kappa shape index (κ3) is 4.32. The smallest absolute Gasteiger partial charge is 0.110 e. The van der Waals surface area contributed by atoms with E-state index in [2.05, 4.69) is 110 Å². The number of rotatable bonds is 6. The first-order valence-electron chi connectivity index (χ1n) is 10.6. The molecule has 0 aliphatic rings. The molecule has 1 N–H and O–H groups in total. The number of para-hydroxylation sites is 1. The Labute approximate surface area is 182 Å². The molecule has 4 rings (SSSR count). The largest absolute Gasteiger partial charge is 0.351 e. The van der Waals surface area contributed by atoms with Crippen LogP contribution >= 0.6 is 9.24 Å². The highest BCUT2D eigenvalue weighted by Gasteiger charge is 2.16. The molecule has 0 aliphatic heterocycles. The molecule has 0 fully saturated rings. The van der Waals surface area contributed by atoms with Gasteiger partial charge in [-0.25, -0.2) is 0 Å². The van der Waals surface area contributed by atoms with Gasteiger partial charge in [0, 0.05) is 20.4 Å². The molecule has 0 bridgehead atoms. The molecule has 0 amide bonds. The van der Waals surface area contributed by atoms with E-state index in [1.165, 1.54) is 50.1 Å². The van der Waals surface area contributed by atoms with Gasteiger partial charge >= 0.3 is 0 Å². The summed E-state index contributed by atoms with van der Waals surface area (Å²) in [7, 11) is 1.97. The lowest BCUT2D eigenvalue weighted by Gasteiger charge is -2.20. The first-order valence-corrected chi connectivity index (χ1v) is 11.3. The van der Waals surface area contributed by atoms with E-state index in [0.717, 1.165) is 12.8 Å². The SMILES string of the molecule is CCCc1cc(C)cc([PH3+])c1Nc1c(-c2ccccc2)cccc1-c1ccccc1. The Morgan fingerprint density at radius 1 is 0.700 bits per heavy atom. The zero-order valence-corrected chi connectivity index (χ0v) is 19.2. The molecule has 4 aromatic carbocycles. The van der Waals surface area contributed by atoms with Gasteiger partial charge in [-0.1, -0.05) is 98.3 Å². The van der Waals surface area contributed by atoms with Crippen molar-refractivity contribution in [3.63, 3.8) is 0 Å². The van der Waals surface area contributed by atoms with Crippen molar-refractivity contribution in [2.24, 2.45) is 0 Å². The average Bonchev–Trinajstić information content (AvgIpc) is 2.77. The van der Waals surface area contributed by atoms with E-state index in [-0.39, 0.29) is 0 Å². The number of aryl methyl sites for hydroxylation is 2. The van der Waals surface area contributed by atoms with E-state index in [1.54, 1.807) is 0 Å². The van der Waals surface area contributed by atoms with Crippen molar-refractivity contribution in [2.75, 3.05) is 5.32 Å². The van der Waals surface area contributed by atoms with Crippen LogP contribution in [0.1, 0.15) is 24.5 Å². The van der Waals surface area contributed by atoms with Crippen LogP contribution in [0.15, 0.2) is 91.0 Å². The number of nitrogens with one attached hydrogen (secondary N) is 1. The van der Waals surface area contributed by atoms with Gasteiger partial charge in [0.25, 0.3) is 0 Å². The highest BCUT2D eigenvalue weighted by Crippen LogP contribution is 2.39. The van der Waals surface area contributed by atoms with Crippen LogP contribution in [-0.4, -0.2) is 0 Å². The van der Waals surface area contributed by atoms with E-state index in [0.29, 0.717) is 0 Å². The van der Waals surface area contributed by atoms with Crippen LogP contribution in [0.2, 0.25) is 0 Å². The average molecular weight is 411 g/mol. The maximum absolute atomic E-state index is 3.89. The summed E-state index contributed by atoms with van der Waals surface area (Å²) >= 11 is 0. The van der Waals surface area contributed by atoms with Gasteiger partial charge in [0.2, 0.25) is 0 Å². The topological polar surface area (TPSA) is 12.0 Å². The molecule has 0 saturated carbocycles. The Morgan fingerprint density at radius 2 is 1.27 bits per heavy atom. The van der Waals surface area contributed by atoms with Crippen LogP contribution in [0.25, 0.3) is 22.3 Å². The molecule has 30 heavy (non-hydrogen) atoms.